The number of anilines is 1. The van der Waals surface area contributed by atoms with Gasteiger partial charge in [-0.1, -0.05) is 41.4 Å². The van der Waals surface area contributed by atoms with Crippen molar-refractivity contribution in [2.75, 3.05) is 10.7 Å². The Labute approximate surface area is 149 Å². The molecule has 4 nitrogen and oxygen atoms in total. The Bertz CT molecular complexity index is 807. The second-order valence-corrected chi connectivity index (χ2v) is 7.50. The lowest BCUT2D eigenvalue weighted by molar-refractivity contribution is -0.119. The number of hydrogen-bond donors (Lipinski definition) is 0. The van der Waals surface area contributed by atoms with Crippen LogP contribution in [0.1, 0.15) is 16.5 Å². The molecule has 24 heavy (non-hydrogen) atoms. The molecule has 2 aromatic rings. The first-order valence-corrected chi connectivity index (χ1v) is 9.09. The average molecular weight is 359 g/mol. The predicted molar refractivity (Wildman–Crippen MR) is 96.3 cm³/mol. The lowest BCUT2D eigenvalue weighted by Gasteiger charge is -2.23. The smallest absolute Gasteiger partial charge is 0.295 e. The summed E-state index contributed by atoms with van der Waals surface area (Å²) in [7, 11) is 0. The van der Waals surface area contributed by atoms with E-state index in [1.807, 2.05) is 55.5 Å². The number of imide groups is 1. The predicted octanol–water partition coefficient (Wildman–Crippen LogP) is 4.23. The van der Waals surface area contributed by atoms with Gasteiger partial charge in [0.05, 0.1) is 5.69 Å². The van der Waals surface area contributed by atoms with Crippen molar-refractivity contribution >= 4 is 41.0 Å². The molecule has 122 valence electrons. The standard InChI is InChI=1S/C18H15ClN2O2S/c1-11-2-8-14(9-3-11)20-16(22)15-10-24-17(21(15)18(20)23)12-4-6-13(19)7-5-12/h2-9,15,17H,10H2,1H3/t15-,17+/m0/s1. The maximum absolute atomic E-state index is 12.9. The number of benzene rings is 2. The van der Waals surface area contributed by atoms with Crippen LogP contribution in [0, 0.1) is 6.92 Å². The summed E-state index contributed by atoms with van der Waals surface area (Å²) in [5.41, 5.74) is 2.71. The molecule has 0 saturated carbocycles. The Hall–Kier alpha value is -1.98. The maximum Gasteiger partial charge on any atom is 0.333 e. The van der Waals surface area contributed by atoms with E-state index in [4.69, 9.17) is 11.6 Å². The van der Waals surface area contributed by atoms with E-state index < -0.39 is 6.04 Å². The van der Waals surface area contributed by atoms with E-state index in [0.29, 0.717) is 16.5 Å². The minimum absolute atomic E-state index is 0.146. The monoisotopic (exact) mass is 358 g/mol. The Morgan fingerprint density at radius 1 is 1.04 bits per heavy atom. The molecule has 2 aliphatic heterocycles. The van der Waals surface area contributed by atoms with Crippen LogP contribution in [0.3, 0.4) is 0 Å². The fourth-order valence-electron chi connectivity index (χ4n) is 3.10. The van der Waals surface area contributed by atoms with Crippen molar-refractivity contribution in [1.29, 1.82) is 0 Å². The summed E-state index contributed by atoms with van der Waals surface area (Å²) in [4.78, 5) is 28.7. The quantitative estimate of drug-likeness (QED) is 0.754. The average Bonchev–Trinajstić information content (AvgIpc) is 3.11. The van der Waals surface area contributed by atoms with Crippen molar-refractivity contribution in [2.24, 2.45) is 0 Å². The molecule has 4 rings (SSSR count). The maximum atomic E-state index is 12.9. The minimum atomic E-state index is -0.399. The first-order chi connectivity index (χ1) is 11.6. The second-order valence-electron chi connectivity index (χ2n) is 5.95. The number of halogens is 1. The molecular formula is C18H15ClN2O2S. The number of nitrogens with zero attached hydrogens (tertiary/aromatic N) is 2. The van der Waals surface area contributed by atoms with E-state index >= 15 is 0 Å². The molecule has 2 atom stereocenters. The second kappa shape index (κ2) is 5.83. The van der Waals surface area contributed by atoms with Gasteiger partial charge in [-0.2, -0.15) is 0 Å². The van der Waals surface area contributed by atoms with E-state index in [1.54, 1.807) is 16.7 Å². The minimum Gasteiger partial charge on any atom is -0.295 e. The number of thioether (sulfide) groups is 1. The molecule has 0 N–H and O–H groups in total. The molecule has 2 heterocycles. The third kappa shape index (κ3) is 2.39. The molecular weight excluding hydrogens is 344 g/mol. The highest BCUT2D eigenvalue weighted by atomic mass is 35.5. The van der Waals surface area contributed by atoms with Crippen LogP contribution in [-0.2, 0) is 4.79 Å². The highest BCUT2D eigenvalue weighted by molar-refractivity contribution is 7.99. The van der Waals surface area contributed by atoms with E-state index in [-0.39, 0.29) is 17.3 Å². The van der Waals surface area contributed by atoms with Gasteiger partial charge in [-0.05, 0) is 36.8 Å². The van der Waals surface area contributed by atoms with E-state index in [0.717, 1.165) is 11.1 Å². The van der Waals surface area contributed by atoms with E-state index in [9.17, 15) is 9.59 Å². The zero-order chi connectivity index (χ0) is 16.8. The van der Waals surface area contributed by atoms with Crippen molar-refractivity contribution in [1.82, 2.24) is 4.90 Å². The molecule has 0 bridgehead atoms. The van der Waals surface area contributed by atoms with Crippen LogP contribution in [0.25, 0.3) is 0 Å². The van der Waals surface area contributed by atoms with Crippen LogP contribution in [0.15, 0.2) is 48.5 Å². The molecule has 2 saturated heterocycles. The first-order valence-electron chi connectivity index (χ1n) is 7.66. The van der Waals surface area contributed by atoms with Gasteiger partial charge in [0.15, 0.2) is 0 Å². The van der Waals surface area contributed by atoms with Gasteiger partial charge in [0, 0.05) is 10.8 Å². The summed E-state index contributed by atoms with van der Waals surface area (Å²) in [6.07, 6.45) is 0. The lowest BCUT2D eigenvalue weighted by atomic mass is 10.2. The fourth-order valence-corrected chi connectivity index (χ4v) is 4.65. The molecule has 6 heteroatoms. The molecule has 3 amide bonds. The highest BCUT2D eigenvalue weighted by Crippen LogP contribution is 2.46. The van der Waals surface area contributed by atoms with Crippen LogP contribution in [0.5, 0.6) is 0 Å². The number of carbonyl (C=O) groups excluding carboxylic acids is 2. The Morgan fingerprint density at radius 2 is 1.71 bits per heavy atom. The number of fused-ring (bicyclic) bond motifs is 1. The number of hydrogen-bond acceptors (Lipinski definition) is 3. The van der Waals surface area contributed by atoms with Crippen molar-refractivity contribution in [2.45, 2.75) is 18.3 Å². The fraction of sp³-hybridized carbons (Fsp3) is 0.222. The van der Waals surface area contributed by atoms with Crippen molar-refractivity contribution in [3.05, 3.63) is 64.7 Å². The van der Waals surface area contributed by atoms with Gasteiger partial charge >= 0.3 is 6.03 Å². The van der Waals surface area contributed by atoms with E-state index in [2.05, 4.69) is 0 Å². The number of carbonyl (C=O) groups is 2. The van der Waals surface area contributed by atoms with Gasteiger partial charge in [-0.3, -0.25) is 9.69 Å². The van der Waals surface area contributed by atoms with Crippen LogP contribution in [0.4, 0.5) is 10.5 Å². The third-order valence-corrected chi connectivity index (χ3v) is 5.94. The van der Waals surface area contributed by atoms with Crippen LogP contribution in [-0.4, -0.2) is 28.6 Å². The first kappa shape index (κ1) is 15.5. The van der Waals surface area contributed by atoms with Crippen molar-refractivity contribution in [3.8, 4) is 0 Å². The molecule has 0 unspecified atom stereocenters. The summed E-state index contributed by atoms with van der Waals surface area (Å²) in [5.74, 6) is 0.466. The lowest BCUT2D eigenvalue weighted by Crippen LogP contribution is -2.33. The third-order valence-electron chi connectivity index (χ3n) is 4.37. The summed E-state index contributed by atoms with van der Waals surface area (Å²) in [6, 6.07) is 14.2. The molecule has 2 aromatic carbocycles. The number of rotatable bonds is 2. The zero-order valence-corrected chi connectivity index (χ0v) is 14.6. The molecule has 2 aliphatic rings. The van der Waals surface area contributed by atoms with Crippen LogP contribution >= 0.6 is 23.4 Å². The van der Waals surface area contributed by atoms with Crippen LogP contribution in [0.2, 0.25) is 5.02 Å². The van der Waals surface area contributed by atoms with Gasteiger partial charge in [0.1, 0.15) is 11.4 Å². The van der Waals surface area contributed by atoms with Gasteiger partial charge in [0.2, 0.25) is 0 Å². The molecule has 2 fully saturated rings. The van der Waals surface area contributed by atoms with Gasteiger partial charge in [-0.25, -0.2) is 9.69 Å². The highest BCUT2D eigenvalue weighted by Gasteiger charge is 2.53. The van der Waals surface area contributed by atoms with Crippen molar-refractivity contribution < 1.29 is 9.59 Å². The Morgan fingerprint density at radius 3 is 2.38 bits per heavy atom. The Kier molecular flexibility index (Phi) is 3.77. The summed E-state index contributed by atoms with van der Waals surface area (Å²) in [6.45, 7) is 1.98. The normalized spacial score (nSPS) is 23.1. The largest absolute Gasteiger partial charge is 0.333 e. The van der Waals surface area contributed by atoms with Gasteiger partial charge < -0.3 is 0 Å². The van der Waals surface area contributed by atoms with Gasteiger partial charge in [0.25, 0.3) is 5.91 Å². The molecule has 0 radical (unpaired) electrons. The summed E-state index contributed by atoms with van der Waals surface area (Å²) < 4.78 is 0. The SMILES string of the molecule is Cc1ccc(N2C(=O)[C@@H]3CS[C@H](c4ccc(Cl)cc4)N3C2=O)cc1. The molecule has 0 aliphatic carbocycles. The topological polar surface area (TPSA) is 40.6 Å². The Balaban J connectivity index is 1.67. The summed E-state index contributed by atoms with van der Waals surface area (Å²) >= 11 is 7.56. The number of aryl methyl sites for hydroxylation is 1. The number of amides is 3. The summed E-state index contributed by atoms with van der Waals surface area (Å²) in [5, 5.41) is 0.502. The van der Waals surface area contributed by atoms with Gasteiger partial charge in [-0.15, -0.1) is 11.8 Å². The van der Waals surface area contributed by atoms with E-state index in [1.165, 1.54) is 4.90 Å². The van der Waals surface area contributed by atoms with Crippen molar-refractivity contribution in [3.63, 3.8) is 0 Å². The van der Waals surface area contributed by atoms with Crippen LogP contribution < -0.4 is 4.90 Å². The molecule has 0 spiro atoms. The molecule has 0 aromatic heterocycles. The zero-order valence-electron chi connectivity index (χ0n) is 13.0. The number of urea groups is 1.